The van der Waals surface area contributed by atoms with Crippen LogP contribution in [0.1, 0.15) is 36.5 Å². The van der Waals surface area contributed by atoms with Gasteiger partial charge in [-0.15, -0.1) is 0 Å². The molecule has 1 saturated carbocycles. The normalized spacial score (nSPS) is 23.3. The van der Waals surface area contributed by atoms with Crippen molar-refractivity contribution >= 4 is 17.8 Å². The molecule has 23 heavy (non-hydrogen) atoms. The van der Waals surface area contributed by atoms with Gasteiger partial charge < -0.3 is 19.7 Å². The summed E-state index contributed by atoms with van der Waals surface area (Å²) in [5, 5.41) is 11.7. The number of furan rings is 1. The van der Waals surface area contributed by atoms with Crippen LogP contribution in [-0.4, -0.2) is 46.9 Å². The monoisotopic (exact) mass is 320 g/mol. The minimum Gasteiger partial charge on any atom is -0.481 e. The van der Waals surface area contributed by atoms with E-state index >= 15 is 0 Å². The van der Waals surface area contributed by atoms with Crippen LogP contribution in [0.25, 0.3) is 0 Å². The van der Waals surface area contributed by atoms with E-state index < -0.39 is 12.0 Å². The first-order valence-corrected chi connectivity index (χ1v) is 7.78. The molecule has 2 atom stereocenters. The Balaban J connectivity index is 1.51. The fourth-order valence-electron chi connectivity index (χ4n) is 3.43. The average Bonchev–Trinajstić information content (AvgIpc) is 2.98. The first kappa shape index (κ1) is 15.6. The average molecular weight is 320 g/mol. The topological polar surface area (TPSA) is 99.9 Å². The molecule has 2 amide bonds. The summed E-state index contributed by atoms with van der Waals surface area (Å²) in [6.45, 7) is 2.75. The maximum atomic E-state index is 12.4. The van der Waals surface area contributed by atoms with E-state index in [1.54, 1.807) is 11.8 Å². The highest BCUT2D eigenvalue weighted by Gasteiger charge is 2.59. The molecule has 1 aromatic rings. The second-order valence-corrected chi connectivity index (χ2v) is 6.49. The molecule has 0 radical (unpaired) electrons. The van der Waals surface area contributed by atoms with Crippen molar-refractivity contribution in [2.24, 2.45) is 11.3 Å². The largest absolute Gasteiger partial charge is 0.481 e. The van der Waals surface area contributed by atoms with Crippen molar-refractivity contribution in [1.82, 2.24) is 10.2 Å². The maximum Gasteiger partial charge on any atom is 0.307 e. The lowest BCUT2D eigenvalue weighted by atomic mass is 9.90. The van der Waals surface area contributed by atoms with Crippen molar-refractivity contribution in [1.29, 1.82) is 0 Å². The minimum atomic E-state index is -0.731. The van der Waals surface area contributed by atoms with Gasteiger partial charge in [-0.3, -0.25) is 14.4 Å². The summed E-state index contributed by atoms with van der Waals surface area (Å²) in [6, 6.07) is 0.914. The third-order valence-corrected chi connectivity index (χ3v) is 5.06. The molecule has 1 saturated heterocycles. The Morgan fingerprint density at radius 2 is 2.09 bits per heavy atom. The van der Waals surface area contributed by atoms with Crippen molar-refractivity contribution in [3.8, 4) is 0 Å². The van der Waals surface area contributed by atoms with Crippen molar-refractivity contribution in [2.45, 2.75) is 32.2 Å². The fourth-order valence-corrected chi connectivity index (χ4v) is 3.43. The van der Waals surface area contributed by atoms with Crippen molar-refractivity contribution < 1.29 is 23.9 Å². The highest BCUT2D eigenvalue weighted by molar-refractivity contribution is 5.97. The highest BCUT2D eigenvalue weighted by atomic mass is 16.4. The Labute approximate surface area is 133 Å². The van der Waals surface area contributed by atoms with Crippen LogP contribution in [0, 0.1) is 11.3 Å². The number of piperidine rings is 1. The zero-order valence-corrected chi connectivity index (χ0v) is 12.9. The number of carboxylic acids is 1. The SMILES string of the molecule is CC(NC(=O)c1ccoc1)C(=O)N1CCC2(CC1)CC2C(=O)O. The molecule has 2 aliphatic rings. The number of nitrogens with one attached hydrogen (secondary N) is 1. The summed E-state index contributed by atoms with van der Waals surface area (Å²) in [5.41, 5.74) is 0.274. The van der Waals surface area contributed by atoms with Crippen LogP contribution in [0.5, 0.6) is 0 Å². The summed E-state index contributed by atoms with van der Waals surface area (Å²) in [7, 11) is 0. The number of nitrogens with zero attached hydrogens (tertiary/aromatic N) is 1. The van der Waals surface area contributed by atoms with Gasteiger partial charge >= 0.3 is 5.97 Å². The van der Waals surface area contributed by atoms with Crippen LogP contribution in [0.2, 0.25) is 0 Å². The van der Waals surface area contributed by atoms with E-state index in [1.165, 1.54) is 18.6 Å². The Hall–Kier alpha value is -2.31. The first-order chi connectivity index (χ1) is 10.9. The maximum absolute atomic E-state index is 12.4. The lowest BCUT2D eigenvalue weighted by molar-refractivity contribution is -0.140. The summed E-state index contributed by atoms with van der Waals surface area (Å²) in [6.07, 6.45) is 4.89. The van der Waals surface area contributed by atoms with Crippen molar-refractivity contribution in [3.63, 3.8) is 0 Å². The molecule has 2 fully saturated rings. The smallest absolute Gasteiger partial charge is 0.307 e. The molecule has 1 spiro atoms. The lowest BCUT2D eigenvalue weighted by Crippen LogP contribution is -2.49. The lowest BCUT2D eigenvalue weighted by Gasteiger charge is -2.34. The van der Waals surface area contributed by atoms with E-state index in [1.807, 2.05) is 0 Å². The molecule has 0 bridgehead atoms. The van der Waals surface area contributed by atoms with E-state index in [0.717, 1.165) is 19.3 Å². The van der Waals surface area contributed by atoms with Crippen LogP contribution in [0.3, 0.4) is 0 Å². The fraction of sp³-hybridized carbons (Fsp3) is 0.562. The number of aliphatic carboxylic acids is 1. The molecule has 124 valence electrons. The van der Waals surface area contributed by atoms with Crippen LogP contribution < -0.4 is 5.32 Å². The van der Waals surface area contributed by atoms with E-state index in [4.69, 9.17) is 9.52 Å². The Kier molecular flexibility index (Phi) is 3.87. The third kappa shape index (κ3) is 2.95. The van der Waals surface area contributed by atoms with Crippen molar-refractivity contribution in [2.75, 3.05) is 13.1 Å². The number of hydrogen-bond acceptors (Lipinski definition) is 4. The molecule has 2 heterocycles. The molecule has 0 aromatic carbocycles. The number of amides is 2. The second kappa shape index (κ2) is 5.72. The summed E-state index contributed by atoms with van der Waals surface area (Å²) < 4.78 is 4.85. The predicted octanol–water partition coefficient (Wildman–Crippen LogP) is 1.11. The van der Waals surface area contributed by atoms with Gasteiger partial charge in [0.1, 0.15) is 12.3 Å². The molecule has 1 aliphatic carbocycles. The summed E-state index contributed by atoms with van der Waals surface area (Å²) in [4.78, 5) is 37.1. The molecular weight excluding hydrogens is 300 g/mol. The zero-order chi connectivity index (χ0) is 16.6. The molecule has 2 N–H and O–H groups in total. The van der Waals surface area contributed by atoms with Gasteiger partial charge in [-0.05, 0) is 37.7 Å². The minimum absolute atomic E-state index is 0.105. The first-order valence-electron chi connectivity index (χ1n) is 7.78. The Morgan fingerprint density at radius 3 is 2.61 bits per heavy atom. The number of carbonyl (C=O) groups is 3. The van der Waals surface area contributed by atoms with Gasteiger partial charge in [0, 0.05) is 13.1 Å². The van der Waals surface area contributed by atoms with Crippen molar-refractivity contribution in [3.05, 3.63) is 24.2 Å². The van der Waals surface area contributed by atoms with Gasteiger partial charge in [0.15, 0.2) is 0 Å². The quantitative estimate of drug-likeness (QED) is 0.865. The van der Waals surface area contributed by atoms with Crippen LogP contribution in [0.15, 0.2) is 23.0 Å². The summed E-state index contributed by atoms with van der Waals surface area (Å²) in [5.74, 6) is -1.46. The van der Waals surface area contributed by atoms with Gasteiger partial charge in [0.2, 0.25) is 5.91 Å². The van der Waals surface area contributed by atoms with E-state index in [2.05, 4.69) is 5.32 Å². The molecule has 1 aliphatic heterocycles. The number of likely N-dealkylation sites (tertiary alicyclic amines) is 1. The molecule has 3 rings (SSSR count). The Bertz CT molecular complexity index is 616. The molecule has 2 unspecified atom stereocenters. The van der Waals surface area contributed by atoms with Gasteiger partial charge in [0.05, 0.1) is 17.7 Å². The van der Waals surface area contributed by atoms with E-state index in [-0.39, 0.29) is 23.1 Å². The molecule has 1 aromatic heterocycles. The number of carboxylic acid groups (broad SMARTS) is 1. The number of carbonyl (C=O) groups excluding carboxylic acids is 2. The van der Waals surface area contributed by atoms with Gasteiger partial charge in [-0.25, -0.2) is 0 Å². The van der Waals surface area contributed by atoms with Gasteiger partial charge in [0.25, 0.3) is 5.91 Å². The van der Waals surface area contributed by atoms with Gasteiger partial charge in [-0.2, -0.15) is 0 Å². The predicted molar refractivity (Wildman–Crippen MR) is 79.6 cm³/mol. The zero-order valence-electron chi connectivity index (χ0n) is 12.9. The van der Waals surface area contributed by atoms with E-state index in [0.29, 0.717) is 18.7 Å². The molecular formula is C16H20N2O5. The summed E-state index contributed by atoms with van der Waals surface area (Å²) >= 11 is 0. The van der Waals surface area contributed by atoms with E-state index in [9.17, 15) is 14.4 Å². The number of hydrogen-bond donors (Lipinski definition) is 2. The Morgan fingerprint density at radius 1 is 1.39 bits per heavy atom. The number of rotatable bonds is 4. The van der Waals surface area contributed by atoms with Crippen LogP contribution >= 0.6 is 0 Å². The van der Waals surface area contributed by atoms with Crippen LogP contribution in [-0.2, 0) is 9.59 Å². The third-order valence-electron chi connectivity index (χ3n) is 5.06. The molecule has 7 heteroatoms. The second-order valence-electron chi connectivity index (χ2n) is 6.49. The standard InChI is InChI=1S/C16H20N2O5/c1-10(17-13(19)11-2-7-23-9-11)14(20)18-5-3-16(4-6-18)8-12(16)15(21)22/h2,7,9-10,12H,3-6,8H2,1H3,(H,17,19)(H,21,22). The highest BCUT2D eigenvalue weighted by Crippen LogP contribution is 2.59. The van der Waals surface area contributed by atoms with Gasteiger partial charge in [-0.1, -0.05) is 0 Å². The van der Waals surface area contributed by atoms with Crippen LogP contribution in [0.4, 0.5) is 0 Å². The molecule has 7 nitrogen and oxygen atoms in total.